The molecule has 0 bridgehead atoms. The quantitative estimate of drug-likeness (QED) is 0.889. The predicted molar refractivity (Wildman–Crippen MR) is 64.2 cm³/mol. The molecule has 0 fully saturated rings. The van der Waals surface area contributed by atoms with Gasteiger partial charge in [-0.05, 0) is 18.2 Å². The predicted octanol–water partition coefficient (Wildman–Crippen LogP) is 1.50. The molecule has 0 unspecified atom stereocenters. The molecular formula is C12H9F2N3O3. The molecule has 1 heterocycles. The van der Waals surface area contributed by atoms with E-state index in [1.54, 1.807) is 0 Å². The van der Waals surface area contributed by atoms with Gasteiger partial charge in [0, 0.05) is 12.3 Å². The minimum Gasteiger partial charge on any atom is -0.476 e. The summed E-state index contributed by atoms with van der Waals surface area (Å²) in [6.07, 6.45) is 1.30. The van der Waals surface area contributed by atoms with Crippen LogP contribution >= 0.6 is 0 Å². The van der Waals surface area contributed by atoms with Crippen LogP contribution < -0.4 is 5.32 Å². The van der Waals surface area contributed by atoms with E-state index in [2.05, 4.69) is 10.4 Å². The van der Waals surface area contributed by atoms with Crippen molar-refractivity contribution < 1.29 is 23.5 Å². The maximum atomic E-state index is 13.3. The number of hydrogen-bond donors (Lipinski definition) is 2. The Kier molecular flexibility index (Phi) is 3.74. The lowest BCUT2D eigenvalue weighted by Crippen LogP contribution is -2.20. The maximum absolute atomic E-state index is 13.3. The van der Waals surface area contributed by atoms with Crippen LogP contribution in [0.4, 0.5) is 14.5 Å². The van der Waals surface area contributed by atoms with E-state index in [0.29, 0.717) is 0 Å². The van der Waals surface area contributed by atoms with Crippen molar-refractivity contribution in [2.24, 2.45) is 0 Å². The highest BCUT2D eigenvalue weighted by Crippen LogP contribution is 2.15. The lowest BCUT2D eigenvalue weighted by atomic mass is 10.3. The molecule has 0 aliphatic rings. The molecule has 20 heavy (non-hydrogen) atoms. The second kappa shape index (κ2) is 5.47. The van der Waals surface area contributed by atoms with E-state index in [1.165, 1.54) is 12.3 Å². The Balaban J connectivity index is 2.05. The number of hydrogen-bond acceptors (Lipinski definition) is 3. The van der Waals surface area contributed by atoms with Crippen LogP contribution in [0, 0.1) is 11.6 Å². The van der Waals surface area contributed by atoms with Gasteiger partial charge in [0.05, 0.1) is 5.69 Å². The van der Waals surface area contributed by atoms with Gasteiger partial charge in [-0.3, -0.25) is 9.48 Å². The largest absolute Gasteiger partial charge is 0.476 e. The molecule has 0 aliphatic carbocycles. The molecular weight excluding hydrogens is 272 g/mol. The Labute approximate surface area is 111 Å². The van der Waals surface area contributed by atoms with Gasteiger partial charge < -0.3 is 10.4 Å². The molecule has 1 aromatic carbocycles. The first-order chi connectivity index (χ1) is 9.45. The fourth-order valence-corrected chi connectivity index (χ4v) is 1.49. The molecule has 2 N–H and O–H groups in total. The minimum atomic E-state index is -1.22. The van der Waals surface area contributed by atoms with Gasteiger partial charge >= 0.3 is 5.97 Å². The molecule has 1 amide bonds. The van der Waals surface area contributed by atoms with Crippen molar-refractivity contribution in [3.63, 3.8) is 0 Å². The van der Waals surface area contributed by atoms with Crippen molar-refractivity contribution in [3.05, 3.63) is 47.8 Å². The summed E-state index contributed by atoms with van der Waals surface area (Å²) in [6, 6.07) is 3.89. The first-order valence-corrected chi connectivity index (χ1v) is 5.47. The molecule has 0 aliphatic heterocycles. The topological polar surface area (TPSA) is 84.2 Å². The molecule has 0 saturated carbocycles. The number of carbonyl (C=O) groups is 2. The molecule has 8 heteroatoms. The third-order valence-corrected chi connectivity index (χ3v) is 2.37. The summed E-state index contributed by atoms with van der Waals surface area (Å²) in [5, 5.41) is 14.5. The number of carbonyl (C=O) groups excluding carboxylic acids is 1. The molecule has 2 aromatic rings. The molecule has 0 spiro atoms. The maximum Gasteiger partial charge on any atom is 0.356 e. The third-order valence-electron chi connectivity index (χ3n) is 2.37. The number of anilines is 1. The Bertz CT molecular complexity index is 670. The Morgan fingerprint density at radius 3 is 2.70 bits per heavy atom. The van der Waals surface area contributed by atoms with Gasteiger partial charge in [-0.1, -0.05) is 0 Å². The van der Waals surface area contributed by atoms with Gasteiger partial charge in [0.15, 0.2) is 5.69 Å². The smallest absolute Gasteiger partial charge is 0.356 e. The summed E-state index contributed by atoms with van der Waals surface area (Å²) >= 11 is 0. The Hall–Kier alpha value is -2.77. The number of benzene rings is 1. The summed E-state index contributed by atoms with van der Waals surface area (Å²) in [4.78, 5) is 22.2. The van der Waals surface area contributed by atoms with E-state index in [4.69, 9.17) is 5.11 Å². The van der Waals surface area contributed by atoms with Crippen LogP contribution in [0.3, 0.4) is 0 Å². The zero-order chi connectivity index (χ0) is 14.7. The van der Waals surface area contributed by atoms with Crippen molar-refractivity contribution in [3.8, 4) is 0 Å². The number of amides is 1. The molecule has 104 valence electrons. The molecule has 0 radical (unpaired) electrons. The number of nitrogens with zero attached hydrogens (tertiary/aromatic N) is 2. The van der Waals surface area contributed by atoms with Gasteiger partial charge in [0.2, 0.25) is 5.91 Å². The number of rotatable bonds is 4. The number of aromatic carboxylic acids is 1. The van der Waals surface area contributed by atoms with Crippen LogP contribution in [-0.2, 0) is 11.3 Å². The van der Waals surface area contributed by atoms with Crippen molar-refractivity contribution in [2.75, 3.05) is 5.32 Å². The molecule has 0 saturated heterocycles. The van der Waals surface area contributed by atoms with Gasteiger partial charge in [0.25, 0.3) is 0 Å². The lowest BCUT2D eigenvalue weighted by molar-refractivity contribution is -0.116. The first kappa shape index (κ1) is 13.7. The fourth-order valence-electron chi connectivity index (χ4n) is 1.49. The highest BCUT2D eigenvalue weighted by Gasteiger charge is 2.11. The minimum absolute atomic E-state index is 0.213. The Morgan fingerprint density at radius 1 is 1.30 bits per heavy atom. The average Bonchev–Trinajstić information content (AvgIpc) is 2.82. The standard InChI is InChI=1S/C12H9F2N3O3/c13-7-1-2-8(14)10(5-7)15-11(18)6-17-4-3-9(16-17)12(19)20/h1-5H,6H2,(H,15,18)(H,19,20). The van der Waals surface area contributed by atoms with Crippen molar-refractivity contribution in [2.45, 2.75) is 6.54 Å². The van der Waals surface area contributed by atoms with Crippen LogP contribution in [0.15, 0.2) is 30.5 Å². The fraction of sp³-hybridized carbons (Fsp3) is 0.0833. The van der Waals surface area contributed by atoms with Crippen LogP contribution in [0.25, 0.3) is 0 Å². The highest BCUT2D eigenvalue weighted by molar-refractivity contribution is 5.90. The van der Waals surface area contributed by atoms with E-state index in [-0.39, 0.29) is 17.9 Å². The van der Waals surface area contributed by atoms with E-state index >= 15 is 0 Å². The van der Waals surface area contributed by atoms with Gasteiger partial charge in [-0.15, -0.1) is 0 Å². The van der Waals surface area contributed by atoms with Crippen LogP contribution in [0.2, 0.25) is 0 Å². The molecule has 2 rings (SSSR count). The summed E-state index contributed by atoms with van der Waals surface area (Å²) < 4.78 is 27.3. The summed E-state index contributed by atoms with van der Waals surface area (Å²) in [5.41, 5.74) is -0.504. The van der Waals surface area contributed by atoms with Gasteiger partial charge in [-0.2, -0.15) is 5.10 Å². The second-order valence-corrected chi connectivity index (χ2v) is 3.88. The Morgan fingerprint density at radius 2 is 2.05 bits per heavy atom. The van der Waals surface area contributed by atoms with Crippen molar-refractivity contribution in [1.82, 2.24) is 9.78 Å². The average molecular weight is 281 g/mol. The lowest BCUT2D eigenvalue weighted by Gasteiger charge is -2.06. The number of halogens is 2. The van der Waals surface area contributed by atoms with Crippen LogP contribution in [0.1, 0.15) is 10.5 Å². The molecule has 1 aromatic heterocycles. The monoisotopic (exact) mass is 281 g/mol. The van der Waals surface area contributed by atoms with Crippen LogP contribution in [0.5, 0.6) is 0 Å². The highest BCUT2D eigenvalue weighted by atomic mass is 19.1. The number of carboxylic acid groups (broad SMARTS) is 1. The second-order valence-electron chi connectivity index (χ2n) is 3.88. The number of nitrogens with one attached hydrogen (secondary N) is 1. The summed E-state index contributed by atoms with van der Waals surface area (Å²) in [5.74, 6) is -3.34. The zero-order valence-corrected chi connectivity index (χ0v) is 10.0. The summed E-state index contributed by atoms with van der Waals surface area (Å²) in [7, 11) is 0. The SMILES string of the molecule is O=C(Cn1ccc(C(=O)O)n1)Nc1cc(F)ccc1F. The molecule has 0 atom stereocenters. The zero-order valence-electron chi connectivity index (χ0n) is 10.0. The normalized spacial score (nSPS) is 10.3. The van der Waals surface area contributed by atoms with E-state index in [0.717, 1.165) is 22.9 Å². The summed E-state index contributed by atoms with van der Waals surface area (Å²) in [6.45, 7) is -0.316. The van der Waals surface area contributed by atoms with E-state index in [9.17, 15) is 18.4 Å². The van der Waals surface area contributed by atoms with E-state index < -0.39 is 23.5 Å². The third kappa shape index (κ3) is 3.16. The first-order valence-electron chi connectivity index (χ1n) is 5.47. The van der Waals surface area contributed by atoms with Gasteiger partial charge in [0.1, 0.15) is 18.2 Å². The van der Waals surface area contributed by atoms with Gasteiger partial charge in [-0.25, -0.2) is 13.6 Å². The van der Waals surface area contributed by atoms with Crippen molar-refractivity contribution in [1.29, 1.82) is 0 Å². The van der Waals surface area contributed by atoms with E-state index in [1.807, 2.05) is 0 Å². The van der Waals surface area contributed by atoms with Crippen LogP contribution in [-0.4, -0.2) is 26.8 Å². The van der Waals surface area contributed by atoms with Crippen molar-refractivity contribution >= 4 is 17.6 Å². The molecule has 6 nitrogen and oxygen atoms in total. The number of aromatic nitrogens is 2. The number of carboxylic acids is 1.